The van der Waals surface area contributed by atoms with Crippen LogP contribution in [0, 0.1) is 5.92 Å². The van der Waals surface area contributed by atoms with Crippen molar-refractivity contribution in [2.45, 2.75) is 31.9 Å². The van der Waals surface area contributed by atoms with Crippen LogP contribution in [0.3, 0.4) is 0 Å². The Morgan fingerprint density at radius 3 is 2.60 bits per heavy atom. The molecule has 1 atom stereocenters. The van der Waals surface area contributed by atoms with Crippen molar-refractivity contribution in [1.82, 2.24) is 4.90 Å². The zero-order valence-corrected chi connectivity index (χ0v) is 12.9. The Kier molecular flexibility index (Phi) is 7.51. The van der Waals surface area contributed by atoms with Crippen LogP contribution >= 0.6 is 0 Å². The maximum absolute atomic E-state index is 13.1. The summed E-state index contributed by atoms with van der Waals surface area (Å²) in [6, 6.07) is 0. The van der Waals surface area contributed by atoms with E-state index in [1.54, 1.807) is 0 Å². The van der Waals surface area contributed by atoms with Gasteiger partial charge < -0.3 is 10.2 Å². The molecular formula is C11H20FKN2. The number of alkyl halides is 1. The van der Waals surface area contributed by atoms with Gasteiger partial charge in [0.1, 0.15) is 6.17 Å². The van der Waals surface area contributed by atoms with Crippen molar-refractivity contribution in [3.05, 3.63) is 5.32 Å². The van der Waals surface area contributed by atoms with Gasteiger partial charge in [0.05, 0.1) is 0 Å². The number of halogens is 1. The third kappa shape index (κ3) is 5.11. The van der Waals surface area contributed by atoms with E-state index in [1.165, 1.54) is 12.8 Å². The quantitative estimate of drug-likeness (QED) is 0.576. The molecule has 0 aliphatic carbocycles. The van der Waals surface area contributed by atoms with Crippen molar-refractivity contribution in [1.29, 1.82) is 0 Å². The van der Waals surface area contributed by atoms with Gasteiger partial charge in [-0.05, 0) is 25.3 Å². The summed E-state index contributed by atoms with van der Waals surface area (Å²) in [5, 5.41) is 4.34. The van der Waals surface area contributed by atoms with Gasteiger partial charge in [-0.25, -0.2) is 4.39 Å². The van der Waals surface area contributed by atoms with Crippen LogP contribution in [-0.4, -0.2) is 43.8 Å². The molecule has 0 aromatic carbocycles. The second kappa shape index (κ2) is 7.74. The van der Waals surface area contributed by atoms with Gasteiger partial charge in [-0.15, -0.1) is 13.1 Å². The van der Waals surface area contributed by atoms with E-state index in [9.17, 15) is 4.39 Å². The fourth-order valence-corrected chi connectivity index (χ4v) is 2.52. The van der Waals surface area contributed by atoms with Crippen molar-refractivity contribution < 1.29 is 55.8 Å². The van der Waals surface area contributed by atoms with E-state index >= 15 is 0 Å². The van der Waals surface area contributed by atoms with E-state index in [1.807, 2.05) is 0 Å². The Bertz CT molecular complexity index is 174. The van der Waals surface area contributed by atoms with Gasteiger partial charge in [0, 0.05) is 13.1 Å². The molecule has 2 saturated heterocycles. The third-order valence-corrected chi connectivity index (χ3v) is 3.36. The van der Waals surface area contributed by atoms with Gasteiger partial charge in [-0.2, -0.15) is 0 Å². The van der Waals surface area contributed by atoms with Gasteiger partial charge in [0.2, 0.25) is 0 Å². The Morgan fingerprint density at radius 1 is 1.20 bits per heavy atom. The number of nitrogens with zero attached hydrogens (tertiary/aromatic N) is 2. The molecule has 82 valence electrons. The van der Waals surface area contributed by atoms with E-state index in [0.717, 1.165) is 44.9 Å². The molecule has 0 saturated carbocycles. The largest absolute Gasteiger partial charge is 1.00 e. The Balaban J connectivity index is 0.00000112. The maximum Gasteiger partial charge on any atom is 1.00 e. The van der Waals surface area contributed by atoms with Gasteiger partial charge >= 0.3 is 51.4 Å². The minimum absolute atomic E-state index is 0. The van der Waals surface area contributed by atoms with E-state index in [4.69, 9.17) is 0 Å². The first-order chi connectivity index (χ1) is 6.84. The molecule has 0 spiro atoms. The van der Waals surface area contributed by atoms with Crippen molar-refractivity contribution in [2.75, 3.05) is 32.7 Å². The number of likely N-dealkylation sites (tertiary alicyclic amines) is 1. The smallest absolute Gasteiger partial charge is 0.662 e. The van der Waals surface area contributed by atoms with E-state index < -0.39 is 6.17 Å². The number of hydrogen-bond acceptors (Lipinski definition) is 1. The summed E-state index contributed by atoms with van der Waals surface area (Å²) >= 11 is 0. The van der Waals surface area contributed by atoms with E-state index in [-0.39, 0.29) is 51.4 Å². The normalized spacial score (nSPS) is 29.8. The predicted molar refractivity (Wildman–Crippen MR) is 56.4 cm³/mol. The van der Waals surface area contributed by atoms with Crippen LogP contribution < -0.4 is 51.4 Å². The molecular weight excluding hydrogens is 218 g/mol. The molecule has 0 aromatic heterocycles. The molecule has 2 heterocycles. The van der Waals surface area contributed by atoms with Crippen LogP contribution in [0.5, 0.6) is 0 Å². The van der Waals surface area contributed by atoms with E-state index in [2.05, 4.69) is 10.2 Å². The number of piperidine rings is 2. The Labute approximate surface area is 135 Å². The average Bonchev–Trinajstić information content (AvgIpc) is 2.19. The second-order valence-corrected chi connectivity index (χ2v) is 4.61. The molecule has 4 heteroatoms. The summed E-state index contributed by atoms with van der Waals surface area (Å²) in [6.45, 7) is 4.94. The number of hydrogen-bond donors (Lipinski definition) is 0. The van der Waals surface area contributed by atoms with Gasteiger partial charge in [0.25, 0.3) is 0 Å². The van der Waals surface area contributed by atoms with Crippen LogP contribution in [0.1, 0.15) is 25.7 Å². The molecule has 2 fully saturated rings. The average molecular weight is 238 g/mol. The zero-order valence-electron chi connectivity index (χ0n) is 9.79. The summed E-state index contributed by atoms with van der Waals surface area (Å²) < 4.78 is 13.1. The van der Waals surface area contributed by atoms with Crippen molar-refractivity contribution >= 4 is 0 Å². The van der Waals surface area contributed by atoms with Crippen LogP contribution in [0.15, 0.2) is 0 Å². The molecule has 1 unspecified atom stereocenters. The maximum atomic E-state index is 13.1. The Morgan fingerprint density at radius 2 is 1.93 bits per heavy atom. The molecule has 2 aliphatic heterocycles. The molecule has 2 aliphatic rings. The van der Waals surface area contributed by atoms with Crippen molar-refractivity contribution in [3.63, 3.8) is 0 Å². The number of rotatable bonds is 2. The topological polar surface area (TPSA) is 17.3 Å². The van der Waals surface area contributed by atoms with Crippen LogP contribution in [0.25, 0.3) is 5.32 Å². The molecule has 0 aromatic rings. The van der Waals surface area contributed by atoms with Crippen LogP contribution in [0.2, 0.25) is 0 Å². The van der Waals surface area contributed by atoms with Crippen molar-refractivity contribution in [3.8, 4) is 0 Å². The minimum Gasteiger partial charge on any atom is -0.662 e. The molecule has 2 rings (SSSR count). The molecule has 2 nitrogen and oxygen atoms in total. The third-order valence-electron chi connectivity index (χ3n) is 3.36. The standard InChI is InChI=1S/C11H20FN2.K/c12-11-2-1-7-14(9-11)8-10-3-5-13-6-4-10;/h10-11H,1-9H2;/q-1;+1. The van der Waals surface area contributed by atoms with Gasteiger partial charge in [-0.3, -0.25) is 0 Å². The molecule has 0 N–H and O–H groups in total. The monoisotopic (exact) mass is 238 g/mol. The van der Waals surface area contributed by atoms with Crippen molar-refractivity contribution in [2.24, 2.45) is 5.92 Å². The summed E-state index contributed by atoms with van der Waals surface area (Å²) in [4.78, 5) is 2.31. The first-order valence-corrected chi connectivity index (χ1v) is 5.84. The zero-order chi connectivity index (χ0) is 9.80. The SMILES string of the molecule is FC1CCCN(CC2CC[N-]CC2)C1.[K+]. The fraction of sp³-hybridized carbons (Fsp3) is 1.00. The molecule has 0 bridgehead atoms. The fourth-order valence-electron chi connectivity index (χ4n) is 2.52. The van der Waals surface area contributed by atoms with Crippen LogP contribution in [-0.2, 0) is 0 Å². The summed E-state index contributed by atoms with van der Waals surface area (Å²) in [5.41, 5.74) is 0. The molecule has 0 radical (unpaired) electrons. The van der Waals surface area contributed by atoms with E-state index in [0.29, 0.717) is 6.54 Å². The van der Waals surface area contributed by atoms with Gasteiger partial charge in [0.15, 0.2) is 0 Å². The van der Waals surface area contributed by atoms with Gasteiger partial charge in [-0.1, -0.05) is 12.8 Å². The van der Waals surface area contributed by atoms with Crippen LogP contribution in [0.4, 0.5) is 4.39 Å². The molecule has 0 amide bonds. The Hall–Kier alpha value is 1.49. The molecule has 15 heavy (non-hydrogen) atoms. The first-order valence-electron chi connectivity index (χ1n) is 5.84. The summed E-state index contributed by atoms with van der Waals surface area (Å²) in [7, 11) is 0. The minimum atomic E-state index is -0.572. The second-order valence-electron chi connectivity index (χ2n) is 4.61. The summed E-state index contributed by atoms with van der Waals surface area (Å²) in [6.07, 6.45) is 3.67. The predicted octanol–water partition coefficient (Wildman–Crippen LogP) is -0.792. The summed E-state index contributed by atoms with van der Waals surface area (Å²) in [5.74, 6) is 0.776. The first kappa shape index (κ1) is 14.5.